The third-order valence-electron chi connectivity index (χ3n) is 6.82. The van der Waals surface area contributed by atoms with Gasteiger partial charge < -0.3 is 18.6 Å². The Kier molecular flexibility index (Phi) is 6.47. The maximum absolute atomic E-state index is 13.6. The van der Waals surface area contributed by atoms with E-state index in [1.165, 1.54) is 0 Å². The summed E-state index contributed by atoms with van der Waals surface area (Å²) in [5.41, 5.74) is 3.77. The SMILES string of the molecule is CC(Oc1ccc(-c2c(C(=O)c3ccc(Cl)cc3)oc3cc4c(cc23)CC=CO4)cc1)N1CCOCC1. The van der Waals surface area contributed by atoms with Crippen LogP contribution in [0.2, 0.25) is 5.02 Å². The fourth-order valence-electron chi connectivity index (χ4n) is 4.83. The van der Waals surface area contributed by atoms with E-state index in [4.69, 9.17) is 30.2 Å². The highest BCUT2D eigenvalue weighted by Gasteiger charge is 2.25. The number of fused-ring (bicyclic) bond motifs is 2. The number of halogens is 1. The second-order valence-corrected chi connectivity index (χ2v) is 9.62. The van der Waals surface area contributed by atoms with Crippen LogP contribution in [-0.2, 0) is 11.2 Å². The van der Waals surface area contributed by atoms with Gasteiger partial charge in [-0.25, -0.2) is 0 Å². The maximum Gasteiger partial charge on any atom is 0.228 e. The number of allylic oxidation sites excluding steroid dienone is 1. The van der Waals surface area contributed by atoms with Gasteiger partial charge in [-0.1, -0.05) is 23.7 Å². The van der Waals surface area contributed by atoms with Crippen molar-refractivity contribution in [3.05, 3.63) is 94.9 Å². The number of ketones is 1. The van der Waals surface area contributed by atoms with Crippen LogP contribution in [0.15, 0.2) is 77.4 Å². The highest BCUT2D eigenvalue weighted by molar-refractivity contribution is 6.30. The van der Waals surface area contributed by atoms with Gasteiger partial charge in [0.05, 0.1) is 19.5 Å². The summed E-state index contributed by atoms with van der Waals surface area (Å²) in [5, 5.41) is 1.44. The molecule has 3 heterocycles. The monoisotopic (exact) mass is 515 g/mol. The molecule has 0 bridgehead atoms. The zero-order valence-electron chi connectivity index (χ0n) is 20.4. The molecule has 1 fully saturated rings. The number of rotatable bonds is 6. The summed E-state index contributed by atoms with van der Waals surface area (Å²) in [6, 6.07) is 18.6. The first-order chi connectivity index (χ1) is 18.1. The highest BCUT2D eigenvalue weighted by atomic mass is 35.5. The van der Waals surface area contributed by atoms with E-state index in [0.29, 0.717) is 16.2 Å². The van der Waals surface area contributed by atoms with Gasteiger partial charge in [0.1, 0.15) is 23.3 Å². The van der Waals surface area contributed by atoms with Crippen molar-refractivity contribution in [3.63, 3.8) is 0 Å². The van der Waals surface area contributed by atoms with Crippen LogP contribution in [0, 0.1) is 0 Å². The fourth-order valence-corrected chi connectivity index (χ4v) is 4.95. The molecule has 0 radical (unpaired) electrons. The van der Waals surface area contributed by atoms with Gasteiger partial charge in [0, 0.05) is 40.7 Å². The molecule has 1 aromatic heterocycles. The van der Waals surface area contributed by atoms with Crippen LogP contribution in [0.5, 0.6) is 11.5 Å². The van der Waals surface area contributed by atoms with Gasteiger partial charge in [0.25, 0.3) is 0 Å². The molecular formula is C30H26ClNO5. The zero-order chi connectivity index (χ0) is 25.4. The van der Waals surface area contributed by atoms with Crippen LogP contribution in [-0.4, -0.2) is 43.2 Å². The highest BCUT2D eigenvalue weighted by Crippen LogP contribution is 2.40. The lowest BCUT2D eigenvalue weighted by atomic mass is 9.96. The molecule has 1 atom stereocenters. The number of benzene rings is 3. The number of nitrogens with zero attached hydrogens (tertiary/aromatic N) is 1. The molecule has 1 unspecified atom stereocenters. The van der Waals surface area contributed by atoms with Gasteiger partial charge in [0.15, 0.2) is 5.76 Å². The third-order valence-corrected chi connectivity index (χ3v) is 7.07. The lowest BCUT2D eigenvalue weighted by Crippen LogP contribution is -2.44. The van der Waals surface area contributed by atoms with E-state index in [1.54, 1.807) is 30.5 Å². The van der Waals surface area contributed by atoms with E-state index in [0.717, 1.165) is 66.3 Å². The average molecular weight is 516 g/mol. The Labute approximate surface area is 220 Å². The number of morpholine rings is 1. The van der Waals surface area contributed by atoms with Crippen molar-refractivity contribution < 1.29 is 23.4 Å². The molecule has 2 aliphatic rings. The Morgan fingerprint density at radius 3 is 2.54 bits per heavy atom. The summed E-state index contributed by atoms with van der Waals surface area (Å²) >= 11 is 6.05. The van der Waals surface area contributed by atoms with Gasteiger partial charge in [-0.3, -0.25) is 9.69 Å². The Bertz CT molecular complexity index is 1470. The summed E-state index contributed by atoms with van der Waals surface area (Å²) in [4.78, 5) is 15.9. The fraction of sp³-hybridized carbons (Fsp3) is 0.233. The summed E-state index contributed by atoms with van der Waals surface area (Å²) in [5.74, 6) is 1.57. The minimum absolute atomic E-state index is 0.0638. The van der Waals surface area contributed by atoms with Gasteiger partial charge >= 0.3 is 0 Å². The summed E-state index contributed by atoms with van der Waals surface area (Å²) in [6.07, 6.45) is 4.33. The number of carbonyl (C=O) groups is 1. The molecule has 37 heavy (non-hydrogen) atoms. The average Bonchev–Trinajstić information content (AvgIpc) is 3.31. The Morgan fingerprint density at radius 1 is 1.03 bits per heavy atom. The first-order valence-electron chi connectivity index (χ1n) is 12.4. The molecule has 7 heteroatoms. The van der Waals surface area contributed by atoms with E-state index >= 15 is 0 Å². The van der Waals surface area contributed by atoms with Crippen LogP contribution in [0.3, 0.4) is 0 Å². The van der Waals surface area contributed by atoms with E-state index in [9.17, 15) is 4.79 Å². The second kappa shape index (κ2) is 10.1. The molecule has 4 aromatic rings. The number of carbonyl (C=O) groups excluding carboxylic acids is 1. The second-order valence-electron chi connectivity index (χ2n) is 9.18. The van der Waals surface area contributed by atoms with E-state index < -0.39 is 0 Å². The van der Waals surface area contributed by atoms with Gasteiger partial charge in [-0.2, -0.15) is 0 Å². The van der Waals surface area contributed by atoms with E-state index in [-0.39, 0.29) is 17.8 Å². The van der Waals surface area contributed by atoms with E-state index in [1.807, 2.05) is 43.3 Å². The zero-order valence-corrected chi connectivity index (χ0v) is 21.2. The van der Waals surface area contributed by atoms with Crippen molar-refractivity contribution in [3.8, 4) is 22.6 Å². The number of furan rings is 1. The summed E-state index contributed by atoms with van der Waals surface area (Å²) in [7, 11) is 0. The largest absolute Gasteiger partial charge is 0.475 e. The molecule has 0 aliphatic carbocycles. The lowest BCUT2D eigenvalue weighted by Gasteiger charge is -2.32. The molecular weight excluding hydrogens is 490 g/mol. The predicted octanol–water partition coefficient (Wildman–Crippen LogP) is 6.49. The first kappa shape index (κ1) is 23.8. The molecule has 6 nitrogen and oxygen atoms in total. The van der Waals surface area contributed by atoms with Crippen molar-refractivity contribution in [1.82, 2.24) is 4.90 Å². The standard InChI is InChI=1S/C30H26ClNO5/c1-19(32-12-15-34-16-13-32)36-24-10-6-20(7-11-24)28-25-17-22-3-2-14-35-26(22)18-27(25)37-30(28)29(33)21-4-8-23(31)9-5-21/h2,4-11,14,17-19H,3,12-13,15-16H2,1H3. The number of hydrogen-bond acceptors (Lipinski definition) is 6. The molecule has 1 saturated heterocycles. The molecule has 188 valence electrons. The number of hydrogen-bond donors (Lipinski definition) is 0. The summed E-state index contributed by atoms with van der Waals surface area (Å²) in [6.45, 7) is 5.18. The van der Waals surface area contributed by atoms with Crippen LogP contribution in [0.1, 0.15) is 28.6 Å². The number of ether oxygens (including phenoxy) is 3. The third kappa shape index (κ3) is 4.76. The molecule has 3 aromatic carbocycles. The minimum atomic E-state index is -0.207. The van der Waals surface area contributed by atoms with Crippen molar-refractivity contribution in [2.24, 2.45) is 0 Å². The molecule has 0 N–H and O–H groups in total. The molecule has 0 saturated carbocycles. The van der Waals surface area contributed by atoms with Gasteiger partial charge in [-0.15, -0.1) is 0 Å². The van der Waals surface area contributed by atoms with Crippen LogP contribution in [0.4, 0.5) is 0 Å². The molecule has 6 rings (SSSR count). The van der Waals surface area contributed by atoms with Crippen molar-refractivity contribution >= 4 is 28.4 Å². The topological polar surface area (TPSA) is 61.1 Å². The van der Waals surface area contributed by atoms with Crippen LogP contribution in [0.25, 0.3) is 22.1 Å². The normalized spacial score (nSPS) is 16.3. The molecule has 0 spiro atoms. The quantitative estimate of drug-likeness (QED) is 0.273. The van der Waals surface area contributed by atoms with Crippen molar-refractivity contribution in [1.29, 1.82) is 0 Å². The predicted molar refractivity (Wildman–Crippen MR) is 142 cm³/mol. The van der Waals surface area contributed by atoms with E-state index in [2.05, 4.69) is 11.0 Å². The lowest BCUT2D eigenvalue weighted by molar-refractivity contribution is -0.0373. The Morgan fingerprint density at radius 2 is 1.78 bits per heavy atom. The Balaban J connectivity index is 1.38. The minimum Gasteiger partial charge on any atom is -0.475 e. The maximum atomic E-state index is 13.6. The van der Waals surface area contributed by atoms with Crippen LogP contribution >= 0.6 is 11.6 Å². The van der Waals surface area contributed by atoms with Crippen molar-refractivity contribution in [2.45, 2.75) is 19.6 Å². The smallest absolute Gasteiger partial charge is 0.228 e. The molecule has 0 amide bonds. The Hall–Kier alpha value is -3.58. The van der Waals surface area contributed by atoms with Crippen LogP contribution < -0.4 is 9.47 Å². The summed E-state index contributed by atoms with van der Waals surface area (Å²) < 4.78 is 23.5. The van der Waals surface area contributed by atoms with Gasteiger partial charge in [-0.05, 0) is 73.0 Å². The van der Waals surface area contributed by atoms with Gasteiger partial charge in [0.2, 0.25) is 5.78 Å². The molecule has 2 aliphatic heterocycles. The first-order valence-corrected chi connectivity index (χ1v) is 12.7. The van der Waals surface area contributed by atoms with Crippen molar-refractivity contribution in [2.75, 3.05) is 26.3 Å².